The number of hydrogen-bond acceptors (Lipinski definition) is 3. The van der Waals surface area contributed by atoms with Gasteiger partial charge in [0.15, 0.2) is 0 Å². The minimum absolute atomic E-state index is 0.0187. The van der Waals surface area contributed by atoms with Crippen LogP contribution in [0.1, 0.15) is 38.7 Å². The Bertz CT molecular complexity index is 602. The van der Waals surface area contributed by atoms with Crippen molar-refractivity contribution in [3.63, 3.8) is 0 Å². The van der Waals surface area contributed by atoms with E-state index in [1.807, 2.05) is 19.9 Å². The van der Waals surface area contributed by atoms with Crippen molar-refractivity contribution in [2.24, 2.45) is 5.41 Å². The second-order valence-electron chi connectivity index (χ2n) is 5.97. The van der Waals surface area contributed by atoms with Gasteiger partial charge in [-0.2, -0.15) is 0 Å². The van der Waals surface area contributed by atoms with Crippen LogP contribution < -0.4 is 4.90 Å². The fourth-order valence-corrected chi connectivity index (χ4v) is 2.41. The van der Waals surface area contributed by atoms with Crippen molar-refractivity contribution in [3.8, 4) is 11.8 Å². The minimum atomic E-state index is -0.275. The standard InChI is InChI=1S/C17H19NO3/c1-17(2)11-15(20)18(16(21)12-17)14-8-5-7-13(10-14)6-3-4-9-19/h5,7-8,10,19H,4,9,11-12H2,1-2H3. The molecule has 0 aromatic heterocycles. The molecule has 1 aromatic rings. The van der Waals surface area contributed by atoms with Crippen molar-refractivity contribution in [1.82, 2.24) is 0 Å². The van der Waals surface area contributed by atoms with E-state index in [0.717, 1.165) is 5.56 Å². The summed E-state index contributed by atoms with van der Waals surface area (Å²) in [5.74, 6) is 5.40. The van der Waals surface area contributed by atoms with Crippen molar-refractivity contribution in [3.05, 3.63) is 29.8 Å². The fraction of sp³-hybridized carbons (Fsp3) is 0.412. The van der Waals surface area contributed by atoms with Crippen LogP contribution in [-0.2, 0) is 9.59 Å². The Morgan fingerprint density at radius 2 is 1.90 bits per heavy atom. The van der Waals surface area contributed by atoms with Crippen LogP contribution in [0.5, 0.6) is 0 Å². The second-order valence-corrected chi connectivity index (χ2v) is 5.97. The van der Waals surface area contributed by atoms with Crippen LogP contribution in [0.2, 0.25) is 0 Å². The highest BCUT2D eigenvalue weighted by Crippen LogP contribution is 2.34. The van der Waals surface area contributed by atoms with E-state index in [1.54, 1.807) is 18.2 Å². The van der Waals surface area contributed by atoms with E-state index in [1.165, 1.54) is 4.90 Å². The van der Waals surface area contributed by atoms with E-state index >= 15 is 0 Å². The molecule has 110 valence electrons. The van der Waals surface area contributed by atoms with Gasteiger partial charge in [-0.3, -0.25) is 14.5 Å². The summed E-state index contributed by atoms with van der Waals surface area (Å²) in [6.07, 6.45) is 1.12. The Balaban J connectivity index is 2.26. The molecule has 1 aromatic carbocycles. The van der Waals surface area contributed by atoms with Gasteiger partial charge in [0.25, 0.3) is 0 Å². The lowest BCUT2D eigenvalue weighted by atomic mass is 9.81. The van der Waals surface area contributed by atoms with Crippen LogP contribution in [-0.4, -0.2) is 23.5 Å². The summed E-state index contributed by atoms with van der Waals surface area (Å²) in [5.41, 5.74) is 1.02. The molecule has 0 saturated carbocycles. The number of imide groups is 1. The van der Waals surface area contributed by atoms with Crippen LogP contribution in [0.25, 0.3) is 0 Å². The van der Waals surface area contributed by atoms with E-state index in [4.69, 9.17) is 5.11 Å². The molecule has 0 atom stereocenters. The average Bonchev–Trinajstić information content (AvgIpc) is 2.37. The van der Waals surface area contributed by atoms with Gasteiger partial charge in [0, 0.05) is 24.8 Å². The molecule has 0 bridgehead atoms. The van der Waals surface area contributed by atoms with Gasteiger partial charge >= 0.3 is 0 Å². The highest BCUT2D eigenvalue weighted by molar-refractivity contribution is 6.16. The Kier molecular flexibility index (Phi) is 4.44. The first-order valence-electron chi connectivity index (χ1n) is 6.98. The zero-order chi connectivity index (χ0) is 15.5. The number of carbonyl (C=O) groups is 2. The predicted molar refractivity (Wildman–Crippen MR) is 80.5 cm³/mol. The number of benzene rings is 1. The van der Waals surface area contributed by atoms with E-state index in [9.17, 15) is 9.59 Å². The van der Waals surface area contributed by atoms with Gasteiger partial charge in [-0.15, -0.1) is 0 Å². The van der Waals surface area contributed by atoms with Crippen molar-refractivity contribution in [2.45, 2.75) is 33.1 Å². The molecule has 1 N–H and O–H groups in total. The SMILES string of the molecule is CC1(C)CC(=O)N(c2cccc(C#CCCO)c2)C(=O)C1. The third-order valence-electron chi connectivity index (χ3n) is 3.33. The summed E-state index contributed by atoms with van der Waals surface area (Å²) in [6, 6.07) is 7.07. The van der Waals surface area contributed by atoms with E-state index in [-0.39, 0.29) is 23.8 Å². The molecule has 2 rings (SSSR count). The van der Waals surface area contributed by atoms with Crippen molar-refractivity contribution in [1.29, 1.82) is 0 Å². The van der Waals surface area contributed by atoms with Crippen LogP contribution in [0, 0.1) is 17.3 Å². The van der Waals surface area contributed by atoms with E-state index in [2.05, 4.69) is 11.8 Å². The largest absolute Gasteiger partial charge is 0.395 e. The first kappa shape index (κ1) is 15.3. The van der Waals surface area contributed by atoms with E-state index in [0.29, 0.717) is 24.9 Å². The zero-order valence-electron chi connectivity index (χ0n) is 12.3. The molecular formula is C17H19NO3. The molecule has 0 unspecified atom stereocenters. The lowest BCUT2D eigenvalue weighted by Gasteiger charge is -2.34. The number of anilines is 1. The molecule has 21 heavy (non-hydrogen) atoms. The topological polar surface area (TPSA) is 57.6 Å². The average molecular weight is 285 g/mol. The van der Waals surface area contributed by atoms with Crippen molar-refractivity contribution >= 4 is 17.5 Å². The first-order valence-corrected chi connectivity index (χ1v) is 6.98. The van der Waals surface area contributed by atoms with Gasteiger partial charge in [-0.25, -0.2) is 0 Å². The maximum Gasteiger partial charge on any atom is 0.234 e. The Hall–Kier alpha value is -2.12. The lowest BCUT2D eigenvalue weighted by Crippen LogP contribution is -2.46. The van der Waals surface area contributed by atoms with Crippen LogP contribution in [0.15, 0.2) is 24.3 Å². The van der Waals surface area contributed by atoms with Gasteiger partial charge in [-0.05, 0) is 23.6 Å². The molecule has 0 spiro atoms. The molecule has 0 radical (unpaired) electrons. The molecule has 0 aliphatic carbocycles. The van der Waals surface area contributed by atoms with E-state index < -0.39 is 0 Å². The van der Waals surface area contributed by atoms with Crippen LogP contribution >= 0.6 is 0 Å². The summed E-state index contributed by atoms with van der Waals surface area (Å²) in [7, 11) is 0. The van der Waals surface area contributed by atoms with Gasteiger partial charge in [0.1, 0.15) is 0 Å². The predicted octanol–water partition coefficient (Wildman–Crippen LogP) is 2.10. The number of aliphatic hydroxyl groups excluding tert-OH is 1. The Morgan fingerprint density at radius 3 is 2.52 bits per heavy atom. The van der Waals surface area contributed by atoms with Crippen molar-refractivity contribution < 1.29 is 14.7 Å². The molecule has 4 nitrogen and oxygen atoms in total. The fourth-order valence-electron chi connectivity index (χ4n) is 2.41. The van der Waals surface area contributed by atoms with Gasteiger partial charge in [0.05, 0.1) is 12.3 Å². The smallest absolute Gasteiger partial charge is 0.234 e. The van der Waals surface area contributed by atoms with Gasteiger partial charge in [0.2, 0.25) is 11.8 Å². The highest BCUT2D eigenvalue weighted by Gasteiger charge is 2.38. The number of rotatable bonds is 2. The molecular weight excluding hydrogens is 266 g/mol. The van der Waals surface area contributed by atoms with Crippen LogP contribution in [0.4, 0.5) is 5.69 Å². The summed E-state index contributed by atoms with van der Waals surface area (Å²) in [4.78, 5) is 25.7. The molecule has 4 heteroatoms. The summed E-state index contributed by atoms with van der Waals surface area (Å²) >= 11 is 0. The normalized spacial score (nSPS) is 17.4. The molecule has 1 heterocycles. The Labute approximate surface area is 124 Å². The monoisotopic (exact) mass is 285 g/mol. The second kappa shape index (κ2) is 6.11. The number of hydrogen-bond donors (Lipinski definition) is 1. The lowest BCUT2D eigenvalue weighted by molar-refractivity contribution is -0.132. The highest BCUT2D eigenvalue weighted by atomic mass is 16.2. The third-order valence-corrected chi connectivity index (χ3v) is 3.33. The number of piperidine rings is 1. The number of aliphatic hydroxyl groups is 1. The number of amides is 2. The minimum Gasteiger partial charge on any atom is -0.395 e. The maximum atomic E-state index is 12.2. The Morgan fingerprint density at radius 1 is 1.24 bits per heavy atom. The zero-order valence-corrected chi connectivity index (χ0v) is 12.3. The molecule has 1 fully saturated rings. The molecule has 1 aliphatic rings. The molecule has 1 saturated heterocycles. The summed E-state index contributed by atoms with van der Waals surface area (Å²) in [5, 5.41) is 8.72. The maximum absolute atomic E-state index is 12.2. The van der Waals surface area contributed by atoms with Crippen molar-refractivity contribution in [2.75, 3.05) is 11.5 Å². The molecule has 2 amide bonds. The quantitative estimate of drug-likeness (QED) is 0.668. The first-order chi connectivity index (χ1) is 9.93. The number of nitrogens with zero attached hydrogens (tertiary/aromatic N) is 1. The summed E-state index contributed by atoms with van der Waals surface area (Å²) in [6.45, 7) is 3.87. The third kappa shape index (κ3) is 3.71. The molecule has 1 aliphatic heterocycles. The van der Waals surface area contributed by atoms with Crippen LogP contribution in [0.3, 0.4) is 0 Å². The summed E-state index contributed by atoms with van der Waals surface area (Å²) < 4.78 is 0. The van der Waals surface area contributed by atoms with Gasteiger partial charge < -0.3 is 5.11 Å². The van der Waals surface area contributed by atoms with Gasteiger partial charge in [-0.1, -0.05) is 31.8 Å². The number of carbonyl (C=O) groups excluding carboxylic acids is 2.